The number of carbonyl (C=O) groups excluding carboxylic acids is 3. The summed E-state index contributed by atoms with van der Waals surface area (Å²) in [6.07, 6.45) is 1.29. The molecule has 0 aliphatic heterocycles. The predicted octanol–water partition coefficient (Wildman–Crippen LogP) is 3.04. The molecule has 0 heterocycles. The Kier molecular flexibility index (Phi) is 6.74. The highest BCUT2D eigenvalue weighted by Crippen LogP contribution is 2.18. The summed E-state index contributed by atoms with van der Waals surface area (Å²) in [6, 6.07) is 19.9. The fourth-order valence-electron chi connectivity index (χ4n) is 2.71. The monoisotopic (exact) mass is 416 g/mol. The van der Waals surface area contributed by atoms with E-state index in [-0.39, 0.29) is 17.0 Å². The molecule has 8 nitrogen and oxygen atoms in total. The van der Waals surface area contributed by atoms with Gasteiger partial charge in [-0.15, -0.1) is 0 Å². The summed E-state index contributed by atoms with van der Waals surface area (Å²) in [4.78, 5) is 36.9. The summed E-state index contributed by atoms with van der Waals surface area (Å²) < 4.78 is 0. The van der Waals surface area contributed by atoms with Crippen molar-refractivity contribution in [3.63, 3.8) is 0 Å². The molecule has 3 amide bonds. The minimum Gasteiger partial charge on any atom is -0.508 e. The molecule has 0 bridgehead atoms. The first-order valence-corrected chi connectivity index (χ1v) is 9.33. The molecule has 8 heteroatoms. The van der Waals surface area contributed by atoms with Crippen LogP contribution in [0.25, 0.3) is 0 Å². The molecule has 3 aromatic carbocycles. The van der Waals surface area contributed by atoms with E-state index >= 15 is 0 Å². The second kappa shape index (κ2) is 9.84. The number of amides is 3. The molecule has 156 valence electrons. The van der Waals surface area contributed by atoms with Gasteiger partial charge in [0.1, 0.15) is 5.75 Å². The molecule has 0 fully saturated rings. The van der Waals surface area contributed by atoms with Gasteiger partial charge >= 0.3 is 11.8 Å². The summed E-state index contributed by atoms with van der Waals surface area (Å²) in [5.74, 6) is -2.37. The van der Waals surface area contributed by atoms with Crippen LogP contribution in [0.4, 0.5) is 11.4 Å². The van der Waals surface area contributed by atoms with Crippen LogP contribution in [-0.2, 0) is 9.59 Å². The van der Waals surface area contributed by atoms with Crippen molar-refractivity contribution in [1.82, 2.24) is 5.43 Å². The standard InChI is InChI=1S/C23H20N4O4/c1-15-6-4-8-17(12-15)25-21(29)19-10-2-3-11-20(19)26-22(30)23(31)27-24-14-16-7-5-9-18(28)13-16/h2-14,28H,1H3,(H,25,29)(H,26,30)(H,27,31)/b24-14+. The number of hydrogen-bond donors (Lipinski definition) is 4. The molecule has 0 radical (unpaired) electrons. The quantitative estimate of drug-likeness (QED) is 0.290. The van der Waals surface area contributed by atoms with E-state index in [4.69, 9.17) is 0 Å². The Balaban J connectivity index is 1.64. The molecule has 0 aromatic heterocycles. The number of aryl methyl sites for hydroxylation is 1. The molecular weight excluding hydrogens is 396 g/mol. The van der Waals surface area contributed by atoms with Crippen molar-refractivity contribution in [2.24, 2.45) is 5.10 Å². The van der Waals surface area contributed by atoms with Crippen LogP contribution in [0.1, 0.15) is 21.5 Å². The lowest BCUT2D eigenvalue weighted by molar-refractivity contribution is -0.136. The summed E-state index contributed by atoms with van der Waals surface area (Å²) >= 11 is 0. The number of carbonyl (C=O) groups is 3. The van der Waals surface area contributed by atoms with Crippen molar-refractivity contribution in [3.8, 4) is 5.75 Å². The smallest absolute Gasteiger partial charge is 0.329 e. The van der Waals surface area contributed by atoms with Gasteiger partial charge in [0.2, 0.25) is 0 Å². The highest BCUT2D eigenvalue weighted by atomic mass is 16.3. The van der Waals surface area contributed by atoms with Crippen LogP contribution in [0.15, 0.2) is 77.9 Å². The Morgan fingerprint density at radius 3 is 2.42 bits per heavy atom. The maximum atomic E-state index is 12.6. The van der Waals surface area contributed by atoms with Crippen molar-refractivity contribution in [3.05, 3.63) is 89.5 Å². The lowest BCUT2D eigenvalue weighted by Crippen LogP contribution is -2.33. The highest BCUT2D eigenvalue weighted by molar-refractivity contribution is 6.40. The van der Waals surface area contributed by atoms with Gasteiger partial charge in [0.25, 0.3) is 5.91 Å². The Labute approximate surface area is 178 Å². The molecule has 3 rings (SSSR count). The maximum absolute atomic E-state index is 12.6. The van der Waals surface area contributed by atoms with Crippen LogP contribution in [0, 0.1) is 6.92 Å². The van der Waals surface area contributed by atoms with Gasteiger partial charge in [0.15, 0.2) is 0 Å². The number of hydrazone groups is 1. The molecule has 0 atom stereocenters. The average Bonchev–Trinajstić information content (AvgIpc) is 2.74. The maximum Gasteiger partial charge on any atom is 0.329 e. The minimum atomic E-state index is -1.01. The zero-order valence-corrected chi connectivity index (χ0v) is 16.6. The van der Waals surface area contributed by atoms with E-state index in [0.29, 0.717) is 11.3 Å². The van der Waals surface area contributed by atoms with Crippen molar-refractivity contribution in [1.29, 1.82) is 0 Å². The number of phenolic OH excluding ortho intramolecular Hbond substituents is 1. The first-order valence-electron chi connectivity index (χ1n) is 9.33. The van der Waals surface area contributed by atoms with E-state index in [1.54, 1.807) is 36.4 Å². The van der Waals surface area contributed by atoms with Crippen molar-refractivity contribution in [2.75, 3.05) is 10.6 Å². The third kappa shape index (κ3) is 6.01. The van der Waals surface area contributed by atoms with Crippen LogP contribution in [-0.4, -0.2) is 29.0 Å². The molecule has 31 heavy (non-hydrogen) atoms. The molecular formula is C23H20N4O4. The summed E-state index contributed by atoms with van der Waals surface area (Å²) in [6.45, 7) is 1.91. The Bertz CT molecular complexity index is 1160. The Hall–Kier alpha value is -4.46. The zero-order chi connectivity index (χ0) is 22.2. The number of nitrogens with zero attached hydrogens (tertiary/aromatic N) is 1. The van der Waals surface area contributed by atoms with E-state index in [1.165, 1.54) is 24.4 Å². The summed E-state index contributed by atoms with van der Waals surface area (Å²) in [5, 5.41) is 18.3. The molecule has 3 aromatic rings. The third-order valence-corrected chi connectivity index (χ3v) is 4.15. The first-order chi connectivity index (χ1) is 14.9. The molecule has 0 spiro atoms. The van der Waals surface area contributed by atoms with E-state index in [1.807, 2.05) is 25.1 Å². The minimum absolute atomic E-state index is 0.0496. The van der Waals surface area contributed by atoms with Gasteiger partial charge < -0.3 is 15.7 Å². The largest absolute Gasteiger partial charge is 0.508 e. The fraction of sp³-hybridized carbons (Fsp3) is 0.0435. The average molecular weight is 416 g/mol. The lowest BCUT2D eigenvalue weighted by atomic mass is 10.1. The second-order valence-electron chi connectivity index (χ2n) is 6.62. The summed E-state index contributed by atoms with van der Waals surface area (Å²) in [7, 11) is 0. The molecule has 0 aliphatic rings. The molecule has 0 saturated carbocycles. The first kappa shape index (κ1) is 21.3. The van der Waals surface area contributed by atoms with E-state index < -0.39 is 17.7 Å². The number of hydrogen-bond acceptors (Lipinski definition) is 5. The normalized spacial score (nSPS) is 10.5. The fourth-order valence-corrected chi connectivity index (χ4v) is 2.71. The molecule has 4 N–H and O–H groups in total. The van der Waals surface area contributed by atoms with E-state index in [9.17, 15) is 19.5 Å². The molecule has 0 saturated heterocycles. The second-order valence-corrected chi connectivity index (χ2v) is 6.62. The number of anilines is 2. The van der Waals surface area contributed by atoms with Crippen molar-refractivity contribution in [2.45, 2.75) is 6.92 Å². The van der Waals surface area contributed by atoms with E-state index in [0.717, 1.165) is 5.56 Å². The van der Waals surface area contributed by atoms with Gasteiger partial charge in [-0.2, -0.15) is 5.10 Å². The van der Waals surface area contributed by atoms with Crippen LogP contribution in [0.5, 0.6) is 5.75 Å². The topological polar surface area (TPSA) is 120 Å². The third-order valence-electron chi connectivity index (χ3n) is 4.15. The van der Waals surface area contributed by atoms with Gasteiger partial charge in [-0.25, -0.2) is 5.43 Å². The van der Waals surface area contributed by atoms with Crippen molar-refractivity contribution >= 4 is 35.3 Å². The number of rotatable bonds is 5. The van der Waals surface area contributed by atoms with Crippen LogP contribution in [0.2, 0.25) is 0 Å². The van der Waals surface area contributed by atoms with Gasteiger partial charge in [-0.3, -0.25) is 14.4 Å². The number of phenols is 1. The predicted molar refractivity (Wildman–Crippen MR) is 118 cm³/mol. The molecule has 0 aliphatic carbocycles. The zero-order valence-electron chi connectivity index (χ0n) is 16.6. The van der Waals surface area contributed by atoms with Gasteiger partial charge in [-0.05, 0) is 54.4 Å². The van der Waals surface area contributed by atoms with Gasteiger partial charge in [0, 0.05) is 5.69 Å². The van der Waals surface area contributed by atoms with E-state index in [2.05, 4.69) is 21.2 Å². The van der Waals surface area contributed by atoms with Crippen LogP contribution >= 0.6 is 0 Å². The Morgan fingerprint density at radius 2 is 1.65 bits per heavy atom. The number of benzene rings is 3. The number of aromatic hydroxyl groups is 1. The summed E-state index contributed by atoms with van der Waals surface area (Å²) in [5.41, 5.74) is 4.63. The highest BCUT2D eigenvalue weighted by Gasteiger charge is 2.17. The van der Waals surface area contributed by atoms with Crippen molar-refractivity contribution < 1.29 is 19.5 Å². The SMILES string of the molecule is Cc1cccc(NC(=O)c2ccccc2NC(=O)C(=O)N/N=C/c2cccc(O)c2)c1. The van der Waals surface area contributed by atoms with Crippen LogP contribution in [0.3, 0.4) is 0 Å². The molecule has 0 unspecified atom stereocenters. The number of para-hydroxylation sites is 1. The van der Waals surface area contributed by atoms with Gasteiger partial charge in [0.05, 0.1) is 17.5 Å². The Morgan fingerprint density at radius 1 is 0.871 bits per heavy atom. The lowest BCUT2D eigenvalue weighted by Gasteiger charge is -2.11. The van der Waals surface area contributed by atoms with Crippen LogP contribution < -0.4 is 16.1 Å². The number of nitrogens with one attached hydrogen (secondary N) is 3. The van der Waals surface area contributed by atoms with Gasteiger partial charge in [-0.1, -0.05) is 36.4 Å².